The second-order valence-electron chi connectivity index (χ2n) is 7.77. The monoisotopic (exact) mass is 460 g/mol. The van der Waals surface area contributed by atoms with Crippen molar-refractivity contribution in [3.8, 4) is 0 Å². The van der Waals surface area contributed by atoms with Gasteiger partial charge in [-0.25, -0.2) is 9.59 Å². The van der Waals surface area contributed by atoms with Crippen molar-refractivity contribution in [1.82, 2.24) is 0 Å². The Kier molecular flexibility index (Phi) is 11.4. The third-order valence-electron chi connectivity index (χ3n) is 6.14. The largest absolute Gasteiger partial charge is 0.517 e. The summed E-state index contributed by atoms with van der Waals surface area (Å²) >= 11 is 0. The lowest BCUT2D eigenvalue weighted by atomic mass is 9.81. The second-order valence-corrected chi connectivity index (χ2v) is 7.77. The summed E-state index contributed by atoms with van der Waals surface area (Å²) in [5.74, 6) is -5.46. The fourth-order valence-corrected chi connectivity index (χ4v) is 3.54. The molecular weight excluding hydrogens is 424 g/mol. The Morgan fingerprint density at radius 3 is 1.53 bits per heavy atom. The minimum absolute atomic E-state index is 0.246. The number of carbonyl (C=O) groups excluding carboxylic acids is 4. The van der Waals surface area contributed by atoms with Crippen LogP contribution < -0.4 is 0 Å². The van der Waals surface area contributed by atoms with Gasteiger partial charge in [-0.1, -0.05) is 27.7 Å². The van der Waals surface area contributed by atoms with Gasteiger partial charge in [-0.2, -0.15) is 0 Å². The van der Waals surface area contributed by atoms with Crippen molar-refractivity contribution >= 4 is 30.0 Å². The first kappa shape index (κ1) is 29.4. The highest BCUT2D eigenvalue weighted by molar-refractivity contribution is 5.83. The zero-order valence-electron chi connectivity index (χ0n) is 20.2. The van der Waals surface area contributed by atoms with E-state index in [1.54, 1.807) is 34.6 Å². The highest BCUT2D eigenvalue weighted by Gasteiger charge is 2.47. The van der Waals surface area contributed by atoms with E-state index in [0.29, 0.717) is 12.8 Å². The van der Waals surface area contributed by atoms with Gasteiger partial charge in [0.25, 0.3) is 0 Å². The topological polar surface area (TPSA) is 142 Å². The molecule has 0 aliphatic carbocycles. The number of rotatable bonds is 12. The Hall–Kier alpha value is -2.65. The lowest BCUT2D eigenvalue weighted by Gasteiger charge is -2.40. The highest BCUT2D eigenvalue weighted by atomic mass is 16.8. The fourth-order valence-electron chi connectivity index (χ4n) is 3.54. The van der Waals surface area contributed by atoms with Gasteiger partial charge in [0.1, 0.15) is 11.2 Å². The summed E-state index contributed by atoms with van der Waals surface area (Å²) < 4.78 is 20.3. The van der Waals surface area contributed by atoms with Crippen LogP contribution in [0, 0.1) is 11.8 Å². The summed E-state index contributed by atoms with van der Waals surface area (Å²) in [7, 11) is 0. The van der Waals surface area contributed by atoms with Gasteiger partial charge in [-0.15, -0.1) is 0 Å². The third kappa shape index (κ3) is 7.20. The first-order chi connectivity index (χ1) is 14.8. The van der Waals surface area contributed by atoms with Crippen molar-refractivity contribution in [3.05, 3.63) is 0 Å². The van der Waals surface area contributed by atoms with Crippen molar-refractivity contribution in [3.63, 3.8) is 0 Å². The van der Waals surface area contributed by atoms with Gasteiger partial charge in [-0.3, -0.25) is 14.4 Å². The van der Waals surface area contributed by atoms with Crippen LogP contribution in [0.2, 0.25) is 0 Å². The average molecular weight is 461 g/mol. The number of hydrogen-bond donors (Lipinski definition) is 1. The van der Waals surface area contributed by atoms with Crippen molar-refractivity contribution in [1.29, 1.82) is 0 Å². The van der Waals surface area contributed by atoms with Crippen molar-refractivity contribution in [2.45, 2.75) is 98.4 Å². The van der Waals surface area contributed by atoms with Crippen molar-refractivity contribution in [2.75, 3.05) is 0 Å². The minimum Gasteiger partial charge on any atom is -0.481 e. The maximum absolute atomic E-state index is 13.1. The summed E-state index contributed by atoms with van der Waals surface area (Å²) in [5, 5.41) is 9.46. The van der Waals surface area contributed by atoms with Crippen LogP contribution in [0.3, 0.4) is 0 Å². The van der Waals surface area contributed by atoms with Crippen molar-refractivity contribution < 1.29 is 48.0 Å². The lowest BCUT2D eigenvalue weighted by molar-refractivity contribution is -0.195. The van der Waals surface area contributed by atoms with Crippen LogP contribution in [0.4, 0.5) is 4.79 Å². The molecule has 0 saturated heterocycles. The van der Waals surface area contributed by atoms with E-state index in [0.717, 1.165) is 6.92 Å². The quantitative estimate of drug-likeness (QED) is 0.260. The Labute approximate surface area is 188 Å². The summed E-state index contributed by atoms with van der Waals surface area (Å²) in [6.07, 6.45) is -1.65. The summed E-state index contributed by atoms with van der Waals surface area (Å²) in [5.41, 5.74) is -2.49. The molecule has 0 aromatic heterocycles. The van der Waals surface area contributed by atoms with Crippen LogP contribution in [-0.4, -0.2) is 52.4 Å². The van der Waals surface area contributed by atoms with Crippen molar-refractivity contribution in [2.24, 2.45) is 11.8 Å². The van der Waals surface area contributed by atoms with Crippen LogP contribution in [0.25, 0.3) is 0 Å². The second kappa shape index (κ2) is 12.4. The molecule has 3 atom stereocenters. The molecule has 0 bridgehead atoms. The molecule has 10 heteroatoms. The van der Waals surface area contributed by atoms with Gasteiger partial charge < -0.3 is 24.1 Å². The van der Waals surface area contributed by atoms with Crippen LogP contribution >= 0.6 is 0 Å². The SMILES string of the molecule is CCC(CC)(OC(=O)C(C)C(CC)(CC)OC(=O)C(C)OC(=O)OC(C)=O)C(C)C(=O)O. The normalized spacial score (nSPS) is 14.5. The maximum Gasteiger partial charge on any atom is 0.517 e. The third-order valence-corrected chi connectivity index (χ3v) is 6.14. The van der Waals surface area contributed by atoms with Crippen LogP contribution in [0.15, 0.2) is 0 Å². The average Bonchev–Trinajstić information content (AvgIpc) is 2.73. The summed E-state index contributed by atoms with van der Waals surface area (Å²) in [6, 6.07) is 0. The summed E-state index contributed by atoms with van der Waals surface area (Å²) in [4.78, 5) is 59.5. The van der Waals surface area contributed by atoms with Gasteiger partial charge >= 0.3 is 30.0 Å². The Morgan fingerprint density at radius 1 is 0.750 bits per heavy atom. The van der Waals surface area contributed by atoms with E-state index in [-0.39, 0.29) is 12.8 Å². The number of carbonyl (C=O) groups is 5. The standard InChI is InChI=1S/C22H36O10/c1-9-21(10-2,13(5)17(24)25)31-18(26)14(6)22(11-3,12-4)32-19(27)15(7)29-20(28)30-16(8)23/h13-15H,9-12H2,1-8H3,(H,24,25). The molecule has 0 aromatic carbocycles. The smallest absolute Gasteiger partial charge is 0.481 e. The molecule has 1 N–H and O–H groups in total. The lowest BCUT2D eigenvalue weighted by Crippen LogP contribution is -2.50. The molecule has 10 nitrogen and oxygen atoms in total. The van der Waals surface area contributed by atoms with Crippen LogP contribution in [0.1, 0.15) is 81.1 Å². The predicted octanol–water partition coefficient (Wildman–Crippen LogP) is 3.64. The molecule has 0 fully saturated rings. The molecule has 0 saturated carbocycles. The number of carboxylic acid groups (broad SMARTS) is 1. The minimum atomic E-state index is -1.39. The number of aliphatic carboxylic acids is 1. The molecule has 0 aliphatic rings. The van der Waals surface area contributed by atoms with Gasteiger partial charge in [0, 0.05) is 6.92 Å². The van der Waals surface area contributed by atoms with Gasteiger partial charge in [0.2, 0.25) is 0 Å². The number of carboxylic acids is 1. The Balaban J connectivity index is 5.63. The van der Waals surface area contributed by atoms with E-state index in [2.05, 4.69) is 4.74 Å². The predicted molar refractivity (Wildman–Crippen MR) is 112 cm³/mol. The Bertz CT molecular complexity index is 691. The number of ether oxygens (including phenoxy) is 4. The molecule has 0 aliphatic heterocycles. The number of esters is 3. The zero-order chi connectivity index (χ0) is 25.3. The highest BCUT2D eigenvalue weighted by Crippen LogP contribution is 2.36. The zero-order valence-corrected chi connectivity index (χ0v) is 20.2. The van der Waals surface area contributed by atoms with E-state index in [9.17, 15) is 29.1 Å². The van der Waals surface area contributed by atoms with E-state index >= 15 is 0 Å². The molecule has 0 amide bonds. The first-order valence-electron chi connectivity index (χ1n) is 10.8. The molecular formula is C22H36O10. The molecule has 0 radical (unpaired) electrons. The Morgan fingerprint density at radius 2 is 1.16 bits per heavy atom. The van der Waals surface area contributed by atoms with Crippen LogP contribution in [0.5, 0.6) is 0 Å². The van der Waals surface area contributed by atoms with Gasteiger partial charge in [0.15, 0.2) is 6.10 Å². The van der Waals surface area contributed by atoms with E-state index < -0.39 is 59.2 Å². The van der Waals surface area contributed by atoms with E-state index in [1.165, 1.54) is 13.8 Å². The molecule has 3 unspecified atom stereocenters. The summed E-state index contributed by atoms with van der Waals surface area (Å²) in [6.45, 7) is 12.2. The van der Waals surface area contributed by atoms with Gasteiger partial charge in [-0.05, 0) is 46.5 Å². The van der Waals surface area contributed by atoms with Crippen LogP contribution in [-0.2, 0) is 38.1 Å². The van der Waals surface area contributed by atoms with E-state index in [1.807, 2.05) is 0 Å². The molecule has 0 aromatic rings. The number of hydrogen-bond acceptors (Lipinski definition) is 9. The molecule has 0 rings (SSSR count). The van der Waals surface area contributed by atoms with Gasteiger partial charge in [0.05, 0.1) is 11.8 Å². The molecule has 32 heavy (non-hydrogen) atoms. The first-order valence-corrected chi connectivity index (χ1v) is 10.8. The molecule has 0 heterocycles. The van der Waals surface area contributed by atoms with E-state index in [4.69, 9.17) is 14.2 Å². The maximum atomic E-state index is 13.1. The fraction of sp³-hybridized carbons (Fsp3) is 0.773. The molecule has 184 valence electrons. The molecule has 0 spiro atoms.